The normalized spacial score (nSPS) is 19.7. The Bertz CT molecular complexity index is 1030. The van der Waals surface area contributed by atoms with E-state index in [1.807, 2.05) is 45.0 Å². The molecule has 2 atom stereocenters. The maximum absolute atomic E-state index is 13.5. The van der Waals surface area contributed by atoms with E-state index < -0.39 is 12.0 Å². The van der Waals surface area contributed by atoms with Gasteiger partial charge in [0.1, 0.15) is 29.6 Å². The third-order valence-electron chi connectivity index (χ3n) is 6.79. The Morgan fingerprint density at radius 3 is 2.71 bits per heavy atom. The number of carbonyl (C=O) groups excluding carboxylic acids is 2. The van der Waals surface area contributed by atoms with Crippen LogP contribution in [0.4, 0.5) is 0 Å². The van der Waals surface area contributed by atoms with Gasteiger partial charge in [0.15, 0.2) is 0 Å². The molecule has 2 aromatic rings. The van der Waals surface area contributed by atoms with Gasteiger partial charge < -0.3 is 24.8 Å². The molecule has 3 heterocycles. The van der Waals surface area contributed by atoms with Crippen LogP contribution in [0.3, 0.4) is 0 Å². The first kappa shape index (κ1) is 25.7. The van der Waals surface area contributed by atoms with Gasteiger partial charge in [-0.05, 0) is 63.7 Å². The summed E-state index contributed by atoms with van der Waals surface area (Å²) in [7, 11) is 0. The topological polar surface area (TPSA) is 96.7 Å². The van der Waals surface area contributed by atoms with Crippen LogP contribution in [-0.4, -0.2) is 53.7 Å². The van der Waals surface area contributed by atoms with E-state index in [1.54, 1.807) is 4.90 Å². The van der Waals surface area contributed by atoms with E-state index in [2.05, 4.69) is 31.7 Å². The predicted molar refractivity (Wildman–Crippen MR) is 136 cm³/mol. The van der Waals surface area contributed by atoms with Gasteiger partial charge in [-0.25, -0.2) is 0 Å². The van der Waals surface area contributed by atoms with E-state index in [4.69, 9.17) is 9.26 Å². The van der Waals surface area contributed by atoms with Crippen molar-refractivity contribution < 1.29 is 18.8 Å². The summed E-state index contributed by atoms with van der Waals surface area (Å²) in [5.74, 6) is 0.697. The molecule has 2 saturated heterocycles. The number of piperidine rings is 1. The Hall–Kier alpha value is -2.39. The maximum Gasteiger partial charge on any atom is 0.243 e. The minimum Gasteiger partial charge on any atom is -0.490 e. The van der Waals surface area contributed by atoms with Crippen molar-refractivity contribution in [2.45, 2.75) is 71.1 Å². The number of aromatic nitrogens is 1. The zero-order valence-electron chi connectivity index (χ0n) is 20.7. The highest BCUT2D eigenvalue weighted by Crippen LogP contribution is 2.31. The second kappa shape index (κ2) is 11.6. The van der Waals surface area contributed by atoms with Crippen LogP contribution >= 0.6 is 15.9 Å². The van der Waals surface area contributed by atoms with Crippen molar-refractivity contribution in [1.82, 2.24) is 20.7 Å². The summed E-state index contributed by atoms with van der Waals surface area (Å²) >= 11 is 3.53. The molecule has 2 fully saturated rings. The standard InChI is InChI=1S/C26H35BrN4O4/c1-16(2)24(23-13-17(3)30-35-23)26(33)31-12-4-5-21(31)25(32)29-15-18-6-7-19(27)14-22(18)34-20-8-10-28-11-9-20/h6-7,13-14,16,20-21,24,28H,4-5,8-12,15H2,1-3H3,(H,29,32). The molecular formula is C26H35BrN4O4. The highest BCUT2D eigenvalue weighted by molar-refractivity contribution is 9.10. The van der Waals surface area contributed by atoms with Crippen LogP contribution in [-0.2, 0) is 16.1 Å². The van der Waals surface area contributed by atoms with Crippen LogP contribution in [0, 0.1) is 12.8 Å². The molecule has 1 aromatic heterocycles. The summed E-state index contributed by atoms with van der Waals surface area (Å²) in [5.41, 5.74) is 1.67. The highest BCUT2D eigenvalue weighted by atomic mass is 79.9. The first-order valence-corrected chi connectivity index (χ1v) is 13.3. The summed E-state index contributed by atoms with van der Waals surface area (Å²) in [6.45, 7) is 8.62. The lowest BCUT2D eigenvalue weighted by Crippen LogP contribution is -2.47. The molecule has 2 aliphatic heterocycles. The number of nitrogens with zero attached hydrogens (tertiary/aromatic N) is 2. The molecule has 1 aromatic carbocycles. The Morgan fingerprint density at radius 2 is 2.03 bits per heavy atom. The molecule has 35 heavy (non-hydrogen) atoms. The maximum atomic E-state index is 13.5. The van der Waals surface area contributed by atoms with Gasteiger partial charge in [-0.1, -0.05) is 41.0 Å². The van der Waals surface area contributed by atoms with Crippen molar-refractivity contribution in [1.29, 1.82) is 0 Å². The number of ether oxygens (including phenoxy) is 1. The summed E-state index contributed by atoms with van der Waals surface area (Å²) in [5, 5.41) is 10.4. The molecule has 0 aliphatic carbocycles. The van der Waals surface area contributed by atoms with Crippen LogP contribution in [0.15, 0.2) is 33.3 Å². The molecule has 2 N–H and O–H groups in total. The Morgan fingerprint density at radius 1 is 1.26 bits per heavy atom. The van der Waals surface area contributed by atoms with Crippen LogP contribution in [0.5, 0.6) is 5.75 Å². The third-order valence-corrected chi connectivity index (χ3v) is 7.28. The number of hydrogen-bond acceptors (Lipinski definition) is 6. The van der Waals surface area contributed by atoms with Gasteiger partial charge in [-0.15, -0.1) is 0 Å². The first-order valence-electron chi connectivity index (χ1n) is 12.5. The molecule has 0 bridgehead atoms. The minimum atomic E-state index is -0.489. The van der Waals surface area contributed by atoms with Crippen molar-refractivity contribution >= 4 is 27.7 Å². The molecule has 0 saturated carbocycles. The van der Waals surface area contributed by atoms with E-state index in [-0.39, 0.29) is 23.8 Å². The quantitative estimate of drug-likeness (QED) is 0.520. The van der Waals surface area contributed by atoms with Gasteiger partial charge in [0, 0.05) is 29.2 Å². The van der Waals surface area contributed by atoms with Gasteiger partial charge in [0.25, 0.3) is 0 Å². The number of hydrogen-bond donors (Lipinski definition) is 2. The molecule has 190 valence electrons. The van der Waals surface area contributed by atoms with Crippen LogP contribution in [0.25, 0.3) is 0 Å². The highest BCUT2D eigenvalue weighted by Gasteiger charge is 2.40. The van der Waals surface area contributed by atoms with Crippen molar-refractivity contribution in [2.75, 3.05) is 19.6 Å². The number of benzene rings is 1. The van der Waals surface area contributed by atoms with Crippen molar-refractivity contribution in [2.24, 2.45) is 5.92 Å². The van der Waals surface area contributed by atoms with E-state index in [0.29, 0.717) is 25.3 Å². The lowest BCUT2D eigenvalue weighted by atomic mass is 9.91. The van der Waals surface area contributed by atoms with Gasteiger partial charge in [-0.2, -0.15) is 0 Å². The molecule has 4 rings (SSSR count). The Kier molecular flexibility index (Phi) is 8.49. The molecule has 2 unspecified atom stereocenters. The number of nitrogens with one attached hydrogen (secondary N) is 2. The smallest absolute Gasteiger partial charge is 0.243 e. The third kappa shape index (κ3) is 6.25. The number of carbonyl (C=O) groups is 2. The monoisotopic (exact) mass is 546 g/mol. The summed E-state index contributed by atoms with van der Waals surface area (Å²) in [6, 6.07) is 7.21. The van der Waals surface area contributed by atoms with Gasteiger partial charge in [-0.3, -0.25) is 9.59 Å². The van der Waals surface area contributed by atoms with Crippen LogP contribution in [0.1, 0.15) is 62.5 Å². The summed E-state index contributed by atoms with van der Waals surface area (Å²) < 4.78 is 12.7. The number of halogens is 1. The number of rotatable bonds is 8. The van der Waals surface area contributed by atoms with Crippen LogP contribution in [0.2, 0.25) is 0 Å². The average Bonchev–Trinajstić information content (AvgIpc) is 3.48. The molecule has 2 aliphatic rings. The minimum absolute atomic E-state index is 0.0246. The Balaban J connectivity index is 1.43. The molecule has 2 amide bonds. The zero-order valence-corrected chi connectivity index (χ0v) is 22.3. The fourth-order valence-corrected chi connectivity index (χ4v) is 5.26. The average molecular weight is 547 g/mol. The zero-order chi connectivity index (χ0) is 24.9. The van der Waals surface area contributed by atoms with Crippen molar-refractivity contribution in [3.8, 4) is 5.75 Å². The summed E-state index contributed by atoms with van der Waals surface area (Å²) in [6.07, 6.45) is 3.53. The van der Waals surface area contributed by atoms with Crippen LogP contribution < -0.4 is 15.4 Å². The van der Waals surface area contributed by atoms with E-state index in [1.165, 1.54) is 0 Å². The molecule has 8 nitrogen and oxygen atoms in total. The predicted octanol–water partition coefficient (Wildman–Crippen LogP) is 3.92. The second-order valence-corrected chi connectivity index (χ2v) is 10.7. The molecule has 9 heteroatoms. The first-order chi connectivity index (χ1) is 16.8. The van der Waals surface area contributed by atoms with Gasteiger partial charge in [0.2, 0.25) is 11.8 Å². The Labute approximate surface area is 215 Å². The molecular weight excluding hydrogens is 512 g/mol. The van der Waals surface area contributed by atoms with Crippen molar-refractivity contribution in [3.05, 3.63) is 45.8 Å². The van der Waals surface area contributed by atoms with Gasteiger partial charge in [0.05, 0.1) is 5.69 Å². The number of likely N-dealkylation sites (tertiary alicyclic amines) is 1. The number of amides is 2. The largest absolute Gasteiger partial charge is 0.490 e. The summed E-state index contributed by atoms with van der Waals surface area (Å²) in [4.78, 5) is 28.5. The second-order valence-electron chi connectivity index (χ2n) is 9.82. The lowest BCUT2D eigenvalue weighted by Gasteiger charge is -2.29. The van der Waals surface area contributed by atoms with E-state index in [9.17, 15) is 9.59 Å². The fourth-order valence-electron chi connectivity index (χ4n) is 4.92. The lowest BCUT2D eigenvalue weighted by molar-refractivity contribution is -0.140. The fraction of sp³-hybridized carbons (Fsp3) is 0.577. The molecule has 0 radical (unpaired) electrons. The van der Waals surface area contributed by atoms with E-state index >= 15 is 0 Å². The molecule has 0 spiro atoms. The van der Waals surface area contributed by atoms with Gasteiger partial charge >= 0.3 is 0 Å². The van der Waals surface area contributed by atoms with Crippen molar-refractivity contribution in [3.63, 3.8) is 0 Å². The van der Waals surface area contributed by atoms with E-state index in [0.717, 1.165) is 53.8 Å². The number of aryl methyl sites for hydroxylation is 1. The SMILES string of the molecule is Cc1cc(C(C(=O)N2CCCC2C(=O)NCc2ccc(Br)cc2OC2CCNCC2)C(C)C)on1.